The summed E-state index contributed by atoms with van der Waals surface area (Å²) in [6.07, 6.45) is 19.7. The lowest BCUT2D eigenvalue weighted by Crippen LogP contribution is -2.32. The summed E-state index contributed by atoms with van der Waals surface area (Å²) in [7, 11) is 0. The SMILES string of the molecule is C=C1/C(=C\C=C2/CCCC3(C)C(C(C)CCCC(O)(CC)CC)=CCC23)CCCC1O. The van der Waals surface area contributed by atoms with Crippen molar-refractivity contribution in [1.29, 1.82) is 0 Å². The number of fused-ring (bicyclic) bond motifs is 1. The zero-order valence-corrected chi connectivity index (χ0v) is 20.6. The maximum Gasteiger partial charge on any atom is 0.0787 e. The smallest absolute Gasteiger partial charge is 0.0787 e. The fourth-order valence-corrected chi connectivity index (χ4v) is 6.54. The number of aliphatic hydroxyl groups excluding tert-OH is 1. The summed E-state index contributed by atoms with van der Waals surface area (Å²) < 4.78 is 0. The molecule has 0 aromatic carbocycles. The highest BCUT2D eigenvalue weighted by Crippen LogP contribution is 2.57. The highest BCUT2D eigenvalue weighted by molar-refractivity contribution is 5.39. The molecule has 2 fully saturated rings. The molecule has 0 spiro atoms. The fourth-order valence-electron chi connectivity index (χ4n) is 6.54. The van der Waals surface area contributed by atoms with E-state index in [1.54, 1.807) is 11.1 Å². The molecule has 2 saturated carbocycles. The predicted molar refractivity (Wildman–Crippen MR) is 132 cm³/mol. The second-order valence-corrected chi connectivity index (χ2v) is 10.8. The minimum Gasteiger partial charge on any atom is -0.390 e. The number of hydrogen-bond acceptors (Lipinski definition) is 2. The van der Waals surface area contributed by atoms with Gasteiger partial charge in [-0.3, -0.25) is 0 Å². The Balaban J connectivity index is 1.67. The monoisotopic (exact) mass is 426 g/mol. The van der Waals surface area contributed by atoms with Crippen molar-refractivity contribution in [3.8, 4) is 0 Å². The maximum atomic E-state index is 10.6. The van der Waals surface area contributed by atoms with Crippen LogP contribution < -0.4 is 0 Å². The molecule has 4 atom stereocenters. The van der Waals surface area contributed by atoms with E-state index >= 15 is 0 Å². The van der Waals surface area contributed by atoms with Gasteiger partial charge in [-0.25, -0.2) is 0 Å². The topological polar surface area (TPSA) is 40.5 Å². The first-order chi connectivity index (χ1) is 14.7. The zero-order chi connectivity index (χ0) is 22.6. The van der Waals surface area contributed by atoms with Crippen molar-refractivity contribution in [3.63, 3.8) is 0 Å². The number of aliphatic hydroxyl groups is 2. The third-order valence-electron chi connectivity index (χ3n) is 8.97. The predicted octanol–water partition coefficient (Wildman–Crippen LogP) is 7.43. The summed E-state index contributed by atoms with van der Waals surface area (Å²) in [5, 5.41) is 20.8. The summed E-state index contributed by atoms with van der Waals surface area (Å²) in [4.78, 5) is 0. The average molecular weight is 427 g/mol. The summed E-state index contributed by atoms with van der Waals surface area (Å²) in [6.45, 7) is 13.3. The molecular formula is C29H46O2. The maximum absolute atomic E-state index is 10.6. The molecule has 0 amide bonds. The molecule has 0 saturated heterocycles. The summed E-state index contributed by atoms with van der Waals surface area (Å²) >= 11 is 0. The van der Waals surface area contributed by atoms with Gasteiger partial charge in [0.1, 0.15) is 0 Å². The van der Waals surface area contributed by atoms with Gasteiger partial charge in [0.2, 0.25) is 0 Å². The quantitative estimate of drug-likeness (QED) is 0.396. The first-order valence-corrected chi connectivity index (χ1v) is 12.9. The fraction of sp³-hybridized carbons (Fsp3) is 0.724. The molecule has 4 unspecified atom stereocenters. The summed E-state index contributed by atoms with van der Waals surface area (Å²) in [5.74, 6) is 1.22. The van der Waals surface area contributed by atoms with E-state index in [-0.39, 0.29) is 11.5 Å². The Morgan fingerprint density at radius 2 is 1.97 bits per heavy atom. The largest absolute Gasteiger partial charge is 0.390 e. The Labute approximate surface area is 191 Å². The van der Waals surface area contributed by atoms with Crippen LogP contribution in [0.1, 0.15) is 105 Å². The van der Waals surface area contributed by atoms with Crippen molar-refractivity contribution >= 4 is 0 Å². The molecule has 2 nitrogen and oxygen atoms in total. The Morgan fingerprint density at radius 3 is 2.68 bits per heavy atom. The normalized spacial score (nSPS) is 33.0. The number of allylic oxidation sites excluding steroid dienone is 5. The minimum atomic E-state index is -0.471. The molecule has 0 aromatic rings. The molecule has 0 aliphatic heterocycles. The van der Waals surface area contributed by atoms with Crippen LogP contribution in [0.25, 0.3) is 0 Å². The van der Waals surface area contributed by atoms with Crippen LogP contribution in [0.15, 0.2) is 47.1 Å². The van der Waals surface area contributed by atoms with Crippen LogP contribution in [0.5, 0.6) is 0 Å². The Hall–Kier alpha value is -1.12. The minimum absolute atomic E-state index is 0.289. The lowest BCUT2D eigenvalue weighted by molar-refractivity contribution is 0.0204. The van der Waals surface area contributed by atoms with E-state index < -0.39 is 5.60 Å². The molecule has 0 heterocycles. The molecule has 3 aliphatic carbocycles. The second-order valence-electron chi connectivity index (χ2n) is 10.8. The second kappa shape index (κ2) is 10.2. The van der Waals surface area contributed by atoms with Crippen LogP contribution in [-0.2, 0) is 0 Å². The summed E-state index contributed by atoms with van der Waals surface area (Å²) in [6, 6.07) is 0. The van der Waals surface area contributed by atoms with E-state index in [1.807, 2.05) is 0 Å². The standard InChI is InChI=1S/C29H46O2/c1-6-29(31,7-2)20-9-11-21(3)25-17-18-26-24(13-10-19-28(25,26)5)16-15-23-12-8-14-27(30)22(23)4/h15-17,21,26-27,30-31H,4,6-14,18-20H2,1-3,5H3/b23-15-,24-16+. The highest BCUT2D eigenvalue weighted by atomic mass is 16.3. The molecule has 2 N–H and O–H groups in total. The van der Waals surface area contributed by atoms with Gasteiger partial charge in [0.05, 0.1) is 11.7 Å². The van der Waals surface area contributed by atoms with Crippen molar-refractivity contribution in [2.75, 3.05) is 0 Å². The molecular weight excluding hydrogens is 380 g/mol. The molecule has 31 heavy (non-hydrogen) atoms. The van der Waals surface area contributed by atoms with E-state index in [4.69, 9.17) is 0 Å². The van der Waals surface area contributed by atoms with Gasteiger partial charge in [0.25, 0.3) is 0 Å². The van der Waals surface area contributed by atoms with E-state index in [0.29, 0.717) is 11.8 Å². The van der Waals surface area contributed by atoms with Gasteiger partial charge >= 0.3 is 0 Å². The van der Waals surface area contributed by atoms with Crippen LogP contribution in [0.2, 0.25) is 0 Å². The van der Waals surface area contributed by atoms with Gasteiger partial charge in [0.15, 0.2) is 0 Å². The van der Waals surface area contributed by atoms with E-state index in [1.165, 1.54) is 37.7 Å². The third-order valence-corrected chi connectivity index (χ3v) is 8.97. The van der Waals surface area contributed by atoms with Crippen LogP contribution in [-0.4, -0.2) is 21.9 Å². The number of hydrogen-bond donors (Lipinski definition) is 2. The van der Waals surface area contributed by atoms with Gasteiger partial charge in [-0.15, -0.1) is 0 Å². The van der Waals surface area contributed by atoms with Crippen molar-refractivity contribution in [2.45, 2.75) is 116 Å². The third kappa shape index (κ3) is 5.28. The average Bonchev–Trinajstić information content (AvgIpc) is 3.12. The first kappa shape index (κ1) is 24.5. The Morgan fingerprint density at radius 1 is 1.23 bits per heavy atom. The lowest BCUT2D eigenvalue weighted by Gasteiger charge is -2.42. The molecule has 0 bridgehead atoms. The van der Waals surface area contributed by atoms with Crippen LogP contribution in [0, 0.1) is 17.3 Å². The van der Waals surface area contributed by atoms with Crippen molar-refractivity contribution in [3.05, 3.63) is 47.1 Å². The molecule has 3 rings (SSSR count). The van der Waals surface area contributed by atoms with Crippen molar-refractivity contribution in [1.82, 2.24) is 0 Å². The van der Waals surface area contributed by atoms with Gasteiger partial charge in [-0.2, -0.15) is 0 Å². The number of rotatable bonds is 8. The zero-order valence-electron chi connectivity index (χ0n) is 20.6. The molecule has 3 aliphatic rings. The van der Waals surface area contributed by atoms with E-state index in [2.05, 4.69) is 52.5 Å². The van der Waals surface area contributed by atoms with Gasteiger partial charge in [-0.05, 0) is 99.0 Å². The van der Waals surface area contributed by atoms with Crippen molar-refractivity contribution in [2.24, 2.45) is 17.3 Å². The first-order valence-electron chi connectivity index (χ1n) is 12.9. The van der Waals surface area contributed by atoms with Gasteiger partial charge in [-0.1, -0.05) is 70.1 Å². The lowest BCUT2D eigenvalue weighted by atomic mass is 9.62. The van der Waals surface area contributed by atoms with E-state index in [0.717, 1.165) is 50.5 Å². The van der Waals surface area contributed by atoms with Crippen LogP contribution in [0.4, 0.5) is 0 Å². The molecule has 2 heteroatoms. The van der Waals surface area contributed by atoms with Crippen LogP contribution in [0.3, 0.4) is 0 Å². The van der Waals surface area contributed by atoms with Crippen molar-refractivity contribution < 1.29 is 10.2 Å². The Bertz CT molecular complexity index is 736. The van der Waals surface area contributed by atoms with Crippen LogP contribution >= 0.6 is 0 Å². The highest BCUT2D eigenvalue weighted by Gasteiger charge is 2.45. The van der Waals surface area contributed by atoms with Gasteiger partial charge < -0.3 is 10.2 Å². The summed E-state index contributed by atoms with van der Waals surface area (Å²) in [5.41, 5.74) is 5.26. The molecule has 0 radical (unpaired) electrons. The molecule has 174 valence electrons. The van der Waals surface area contributed by atoms with E-state index in [9.17, 15) is 10.2 Å². The molecule has 0 aromatic heterocycles. The Kier molecular flexibility index (Phi) is 8.08. The van der Waals surface area contributed by atoms with Gasteiger partial charge in [0, 0.05) is 0 Å².